The molecular weight excluding hydrogens is 458 g/mol. The molecule has 2 amide bonds. The first kappa shape index (κ1) is 23.9. The SMILES string of the molecule is C[C@@H]1C[C@@H](C)CN(S(=O)(=O)c2ccc(C(=O)OCC(=O)N3CC(=O)Nc4ccccc43)cc2)C1. The van der Waals surface area contributed by atoms with Crippen LogP contribution in [0.2, 0.25) is 0 Å². The number of amides is 2. The molecule has 2 heterocycles. The van der Waals surface area contributed by atoms with E-state index in [4.69, 9.17) is 4.74 Å². The molecule has 10 heteroatoms. The lowest BCUT2D eigenvalue weighted by molar-refractivity contribution is -0.124. The van der Waals surface area contributed by atoms with Crippen molar-refractivity contribution < 1.29 is 27.5 Å². The molecule has 2 atom stereocenters. The molecule has 0 saturated carbocycles. The van der Waals surface area contributed by atoms with E-state index >= 15 is 0 Å². The second-order valence-electron chi connectivity index (χ2n) is 8.91. The van der Waals surface area contributed by atoms with Gasteiger partial charge in [-0.05, 0) is 54.7 Å². The van der Waals surface area contributed by atoms with Gasteiger partial charge in [0.1, 0.15) is 6.54 Å². The number of ether oxygens (including phenoxy) is 1. The van der Waals surface area contributed by atoms with Crippen LogP contribution >= 0.6 is 0 Å². The Bertz CT molecular complexity index is 1200. The lowest BCUT2D eigenvalue weighted by Gasteiger charge is -2.34. The average Bonchev–Trinajstić information content (AvgIpc) is 2.81. The maximum absolute atomic E-state index is 13.0. The molecule has 1 N–H and O–H groups in total. The number of sulfonamides is 1. The largest absolute Gasteiger partial charge is 0.452 e. The van der Waals surface area contributed by atoms with Crippen molar-refractivity contribution in [3.8, 4) is 0 Å². The van der Waals surface area contributed by atoms with Gasteiger partial charge in [0.2, 0.25) is 15.9 Å². The molecule has 0 aromatic heterocycles. The highest BCUT2D eigenvalue weighted by molar-refractivity contribution is 7.89. The quantitative estimate of drug-likeness (QED) is 0.651. The van der Waals surface area contributed by atoms with Crippen LogP contribution in [0.5, 0.6) is 0 Å². The van der Waals surface area contributed by atoms with Crippen LogP contribution in [0, 0.1) is 11.8 Å². The molecule has 1 saturated heterocycles. The van der Waals surface area contributed by atoms with Crippen LogP contribution < -0.4 is 10.2 Å². The van der Waals surface area contributed by atoms with Gasteiger partial charge >= 0.3 is 5.97 Å². The number of benzene rings is 2. The Morgan fingerprint density at radius 2 is 1.68 bits per heavy atom. The van der Waals surface area contributed by atoms with Crippen molar-refractivity contribution in [3.63, 3.8) is 0 Å². The van der Waals surface area contributed by atoms with Crippen LogP contribution in [-0.4, -0.2) is 56.7 Å². The number of para-hydroxylation sites is 2. The predicted octanol–water partition coefficient (Wildman–Crippen LogP) is 2.50. The number of rotatable bonds is 5. The van der Waals surface area contributed by atoms with Gasteiger partial charge in [-0.2, -0.15) is 4.31 Å². The van der Waals surface area contributed by atoms with Crippen molar-refractivity contribution in [1.82, 2.24) is 4.31 Å². The monoisotopic (exact) mass is 485 g/mol. The zero-order chi connectivity index (χ0) is 24.5. The average molecular weight is 486 g/mol. The normalized spacial score (nSPS) is 20.9. The summed E-state index contributed by atoms with van der Waals surface area (Å²) in [5, 5.41) is 2.69. The van der Waals surface area contributed by atoms with Crippen molar-refractivity contribution in [2.75, 3.05) is 36.5 Å². The van der Waals surface area contributed by atoms with Crippen LogP contribution in [0.4, 0.5) is 11.4 Å². The van der Waals surface area contributed by atoms with E-state index in [-0.39, 0.29) is 34.7 Å². The zero-order valence-corrected chi connectivity index (χ0v) is 19.9. The van der Waals surface area contributed by atoms with Crippen molar-refractivity contribution in [1.29, 1.82) is 0 Å². The van der Waals surface area contributed by atoms with Gasteiger partial charge in [0.25, 0.3) is 5.91 Å². The third kappa shape index (κ3) is 4.97. The maximum atomic E-state index is 13.0. The second kappa shape index (κ2) is 9.55. The van der Waals surface area contributed by atoms with E-state index in [1.54, 1.807) is 24.3 Å². The number of esters is 1. The first-order chi connectivity index (χ1) is 16.1. The van der Waals surface area contributed by atoms with Crippen molar-refractivity contribution in [2.45, 2.75) is 25.2 Å². The highest BCUT2D eigenvalue weighted by Crippen LogP contribution is 2.29. The first-order valence-corrected chi connectivity index (χ1v) is 12.6. The summed E-state index contributed by atoms with van der Waals surface area (Å²) >= 11 is 0. The van der Waals surface area contributed by atoms with Crippen LogP contribution in [0.1, 0.15) is 30.6 Å². The van der Waals surface area contributed by atoms with Gasteiger partial charge in [-0.1, -0.05) is 26.0 Å². The summed E-state index contributed by atoms with van der Waals surface area (Å²) < 4.78 is 32.6. The van der Waals surface area contributed by atoms with Gasteiger partial charge in [0.05, 0.1) is 21.8 Å². The maximum Gasteiger partial charge on any atom is 0.338 e. The molecule has 2 aromatic rings. The number of fused-ring (bicyclic) bond motifs is 1. The lowest BCUT2D eigenvalue weighted by atomic mass is 9.94. The van der Waals surface area contributed by atoms with E-state index in [0.717, 1.165) is 6.42 Å². The van der Waals surface area contributed by atoms with Crippen LogP contribution in [0.3, 0.4) is 0 Å². The van der Waals surface area contributed by atoms with Crippen molar-refractivity contribution >= 4 is 39.2 Å². The summed E-state index contributed by atoms with van der Waals surface area (Å²) in [7, 11) is -3.66. The molecule has 0 radical (unpaired) electrons. The number of hydrogen-bond donors (Lipinski definition) is 1. The highest BCUT2D eigenvalue weighted by Gasteiger charge is 2.32. The number of carbonyl (C=O) groups excluding carboxylic acids is 3. The molecule has 0 spiro atoms. The van der Waals surface area contributed by atoms with Crippen LogP contribution in [0.15, 0.2) is 53.4 Å². The topological polar surface area (TPSA) is 113 Å². The lowest BCUT2D eigenvalue weighted by Crippen LogP contribution is -2.44. The number of hydrogen-bond acceptors (Lipinski definition) is 6. The summed E-state index contributed by atoms with van der Waals surface area (Å²) in [5.41, 5.74) is 1.16. The van der Waals surface area contributed by atoms with E-state index < -0.39 is 28.5 Å². The Morgan fingerprint density at radius 3 is 2.35 bits per heavy atom. The second-order valence-corrected chi connectivity index (χ2v) is 10.9. The Balaban J connectivity index is 1.40. The van der Waals surface area contributed by atoms with Crippen molar-refractivity contribution in [2.24, 2.45) is 11.8 Å². The van der Waals surface area contributed by atoms with E-state index in [1.807, 2.05) is 13.8 Å². The minimum atomic E-state index is -3.66. The van der Waals surface area contributed by atoms with Crippen LogP contribution in [0.25, 0.3) is 0 Å². The molecule has 0 aliphatic carbocycles. The Hall–Kier alpha value is -3.24. The van der Waals surface area contributed by atoms with Gasteiger partial charge in [0.15, 0.2) is 6.61 Å². The smallest absolute Gasteiger partial charge is 0.338 e. The van der Waals surface area contributed by atoms with E-state index in [2.05, 4.69) is 5.32 Å². The fraction of sp³-hybridized carbons (Fsp3) is 0.375. The molecule has 180 valence electrons. The molecule has 2 aromatic carbocycles. The number of carbonyl (C=O) groups is 3. The summed E-state index contributed by atoms with van der Waals surface area (Å²) in [4.78, 5) is 38.4. The minimum Gasteiger partial charge on any atom is -0.452 e. The number of anilines is 2. The Kier molecular flexibility index (Phi) is 6.72. The van der Waals surface area contributed by atoms with E-state index in [1.165, 1.54) is 33.5 Å². The molecule has 4 rings (SSSR count). The van der Waals surface area contributed by atoms with Crippen LogP contribution in [-0.2, 0) is 24.3 Å². The summed E-state index contributed by atoms with van der Waals surface area (Å²) in [6.07, 6.45) is 0.989. The summed E-state index contributed by atoms with van der Waals surface area (Å²) in [5.74, 6) is -1.07. The highest BCUT2D eigenvalue weighted by atomic mass is 32.2. The third-order valence-electron chi connectivity index (χ3n) is 5.96. The molecule has 2 aliphatic rings. The molecule has 0 bridgehead atoms. The molecule has 34 heavy (non-hydrogen) atoms. The molecule has 2 aliphatic heterocycles. The number of piperidine rings is 1. The van der Waals surface area contributed by atoms with Crippen molar-refractivity contribution in [3.05, 3.63) is 54.1 Å². The predicted molar refractivity (Wildman–Crippen MR) is 126 cm³/mol. The van der Waals surface area contributed by atoms with Gasteiger partial charge in [-0.3, -0.25) is 14.5 Å². The number of nitrogens with zero attached hydrogens (tertiary/aromatic N) is 2. The fourth-order valence-corrected chi connectivity index (χ4v) is 6.14. The molecule has 9 nitrogen and oxygen atoms in total. The minimum absolute atomic E-state index is 0.109. The molecule has 0 unspecified atom stereocenters. The van der Waals surface area contributed by atoms with Gasteiger partial charge in [0, 0.05) is 13.1 Å². The zero-order valence-electron chi connectivity index (χ0n) is 19.1. The van der Waals surface area contributed by atoms with Gasteiger partial charge in [-0.15, -0.1) is 0 Å². The third-order valence-corrected chi connectivity index (χ3v) is 7.81. The molecule has 1 fully saturated rings. The van der Waals surface area contributed by atoms with Gasteiger partial charge < -0.3 is 10.1 Å². The van der Waals surface area contributed by atoms with E-state index in [9.17, 15) is 22.8 Å². The Morgan fingerprint density at radius 1 is 1.03 bits per heavy atom. The number of nitrogens with one attached hydrogen (secondary N) is 1. The first-order valence-electron chi connectivity index (χ1n) is 11.1. The molecular formula is C24H27N3O6S. The standard InChI is InChI=1S/C24H27N3O6S/c1-16-11-17(2)13-26(12-16)34(31,32)19-9-7-18(8-10-19)24(30)33-15-23(29)27-14-22(28)25-20-5-3-4-6-21(20)27/h3-10,16-17H,11-15H2,1-2H3,(H,25,28)/t16-,17-/m1/s1. The summed E-state index contributed by atoms with van der Waals surface area (Å²) in [6, 6.07) is 12.4. The Labute approximate surface area is 198 Å². The van der Waals surface area contributed by atoms with Gasteiger partial charge in [-0.25, -0.2) is 13.2 Å². The summed E-state index contributed by atoms with van der Waals surface area (Å²) in [6.45, 7) is 4.28. The fourth-order valence-electron chi connectivity index (χ4n) is 4.46. The van der Waals surface area contributed by atoms with E-state index in [0.29, 0.717) is 24.5 Å².